The van der Waals surface area contributed by atoms with Crippen LogP contribution in [0.4, 0.5) is 8.78 Å². The second-order valence-electron chi connectivity index (χ2n) is 5.20. The number of likely N-dealkylation sites (N-methyl/N-ethyl adjacent to an activating group) is 1. The molecule has 1 rings (SSSR count). The van der Waals surface area contributed by atoms with Gasteiger partial charge in [-0.3, -0.25) is 0 Å². The molecule has 0 amide bonds. The van der Waals surface area contributed by atoms with Crippen molar-refractivity contribution in [2.24, 2.45) is 5.92 Å². The van der Waals surface area contributed by atoms with E-state index in [-0.39, 0.29) is 19.0 Å². The van der Waals surface area contributed by atoms with Crippen LogP contribution in [-0.4, -0.2) is 43.5 Å². The molecule has 1 fully saturated rings. The molecule has 1 N–H and O–H groups in total. The molecule has 0 aromatic heterocycles. The van der Waals surface area contributed by atoms with Gasteiger partial charge >= 0.3 is 0 Å². The molecule has 0 aromatic rings. The highest BCUT2D eigenvalue weighted by Crippen LogP contribution is 2.25. The van der Waals surface area contributed by atoms with E-state index in [9.17, 15) is 8.78 Å². The molecule has 0 saturated carbocycles. The van der Waals surface area contributed by atoms with Crippen molar-refractivity contribution in [3.8, 4) is 0 Å². The first-order valence-electron chi connectivity index (χ1n) is 8.22. The van der Waals surface area contributed by atoms with Gasteiger partial charge in [0.25, 0.3) is 5.92 Å². The number of halogens is 2. The van der Waals surface area contributed by atoms with Gasteiger partial charge in [0.15, 0.2) is 0 Å². The first kappa shape index (κ1) is 22.1. The molecule has 0 spiro atoms. The van der Waals surface area contributed by atoms with Gasteiger partial charge in [-0.1, -0.05) is 48.0 Å². The minimum absolute atomic E-state index is 0.0132. The minimum Gasteiger partial charge on any atom is -0.307 e. The molecule has 0 radical (unpaired) electrons. The lowest BCUT2D eigenvalue weighted by molar-refractivity contribution is 0.0202. The van der Waals surface area contributed by atoms with Gasteiger partial charge in [0, 0.05) is 19.0 Å². The number of nitrogens with zero attached hydrogens (tertiary/aromatic N) is 1. The zero-order chi connectivity index (χ0) is 16.2. The van der Waals surface area contributed by atoms with Crippen molar-refractivity contribution in [1.82, 2.24) is 10.2 Å². The van der Waals surface area contributed by atoms with Gasteiger partial charge in [-0.15, -0.1) is 0 Å². The SMILES string of the molecule is CC.CC.CCC(C)CCN(C)CC1CC(F)(F)CN1. The van der Waals surface area contributed by atoms with Gasteiger partial charge < -0.3 is 10.2 Å². The van der Waals surface area contributed by atoms with Crippen LogP contribution >= 0.6 is 0 Å². The number of rotatable bonds is 6. The number of nitrogens with one attached hydrogen (secondary N) is 1. The normalized spacial score (nSPS) is 21.6. The first-order valence-corrected chi connectivity index (χ1v) is 8.22. The van der Waals surface area contributed by atoms with Crippen LogP contribution in [0.2, 0.25) is 0 Å². The van der Waals surface area contributed by atoms with Gasteiger partial charge in [0.1, 0.15) is 0 Å². The maximum atomic E-state index is 12.9. The minimum atomic E-state index is -2.50. The summed E-state index contributed by atoms with van der Waals surface area (Å²) >= 11 is 0. The standard InChI is InChI=1S/C12H24F2N2.2C2H6/c1-4-10(2)5-6-16(3)8-11-7-12(13,14)9-15-11;2*1-2/h10-11,15H,4-9H2,1-3H3;2*1-2H3. The number of hydrogen-bond acceptors (Lipinski definition) is 2. The smallest absolute Gasteiger partial charge is 0.261 e. The molecule has 0 bridgehead atoms. The first-order chi connectivity index (χ1) is 9.43. The third-order valence-electron chi connectivity index (χ3n) is 3.43. The Kier molecular flexibility index (Phi) is 13.8. The third kappa shape index (κ3) is 10.6. The topological polar surface area (TPSA) is 15.3 Å². The molecule has 20 heavy (non-hydrogen) atoms. The van der Waals surface area contributed by atoms with Crippen LogP contribution in [0.15, 0.2) is 0 Å². The van der Waals surface area contributed by atoms with Gasteiger partial charge in [0.2, 0.25) is 0 Å². The largest absolute Gasteiger partial charge is 0.307 e. The monoisotopic (exact) mass is 294 g/mol. The van der Waals surface area contributed by atoms with Gasteiger partial charge in [-0.05, 0) is 25.9 Å². The second-order valence-corrected chi connectivity index (χ2v) is 5.20. The number of hydrogen-bond donors (Lipinski definition) is 1. The molecule has 1 saturated heterocycles. The molecule has 4 heteroatoms. The molecule has 2 unspecified atom stereocenters. The van der Waals surface area contributed by atoms with E-state index in [1.807, 2.05) is 34.7 Å². The molecule has 1 heterocycles. The zero-order valence-electron chi connectivity index (χ0n) is 14.6. The predicted octanol–water partition coefficient (Wildman–Crippen LogP) is 4.40. The van der Waals surface area contributed by atoms with Crippen LogP contribution < -0.4 is 5.32 Å². The fourth-order valence-electron chi connectivity index (χ4n) is 2.04. The molecular formula is C16H36F2N2. The van der Waals surface area contributed by atoms with E-state index in [4.69, 9.17) is 0 Å². The second kappa shape index (κ2) is 12.5. The maximum absolute atomic E-state index is 12.9. The molecule has 1 aliphatic heterocycles. The van der Waals surface area contributed by atoms with Crippen LogP contribution in [0.5, 0.6) is 0 Å². The van der Waals surface area contributed by atoms with Crippen LogP contribution in [0.1, 0.15) is 60.8 Å². The summed E-state index contributed by atoms with van der Waals surface area (Å²) in [6.07, 6.45) is 2.32. The predicted molar refractivity (Wildman–Crippen MR) is 85.6 cm³/mol. The van der Waals surface area contributed by atoms with Gasteiger partial charge in [0.05, 0.1) is 6.54 Å². The molecule has 0 aliphatic carbocycles. The van der Waals surface area contributed by atoms with Crippen molar-refractivity contribution >= 4 is 0 Å². The summed E-state index contributed by atoms with van der Waals surface area (Å²) in [4.78, 5) is 2.16. The highest BCUT2D eigenvalue weighted by molar-refractivity contribution is 4.88. The van der Waals surface area contributed by atoms with Crippen LogP contribution in [0, 0.1) is 5.92 Å². The summed E-state index contributed by atoms with van der Waals surface area (Å²) in [7, 11) is 2.01. The highest BCUT2D eigenvalue weighted by Gasteiger charge is 2.39. The molecule has 2 atom stereocenters. The average Bonchev–Trinajstić information content (AvgIpc) is 2.79. The van der Waals surface area contributed by atoms with E-state index < -0.39 is 5.92 Å². The fraction of sp³-hybridized carbons (Fsp3) is 1.00. The Bertz CT molecular complexity index is 211. The Balaban J connectivity index is 0. The zero-order valence-corrected chi connectivity index (χ0v) is 14.6. The van der Waals surface area contributed by atoms with Crippen molar-refractivity contribution in [3.63, 3.8) is 0 Å². The van der Waals surface area contributed by atoms with E-state index >= 15 is 0 Å². The lowest BCUT2D eigenvalue weighted by Gasteiger charge is -2.22. The Labute approximate surface area is 125 Å². The van der Waals surface area contributed by atoms with E-state index in [2.05, 4.69) is 24.1 Å². The quantitative estimate of drug-likeness (QED) is 0.781. The third-order valence-corrected chi connectivity index (χ3v) is 3.43. The summed E-state index contributed by atoms with van der Waals surface area (Å²) < 4.78 is 25.9. The van der Waals surface area contributed by atoms with E-state index in [1.54, 1.807) is 0 Å². The van der Waals surface area contributed by atoms with Crippen LogP contribution in [-0.2, 0) is 0 Å². The Morgan fingerprint density at radius 1 is 1.25 bits per heavy atom. The van der Waals surface area contributed by atoms with E-state index in [1.165, 1.54) is 6.42 Å². The van der Waals surface area contributed by atoms with Crippen molar-refractivity contribution < 1.29 is 8.78 Å². The Morgan fingerprint density at radius 3 is 2.20 bits per heavy atom. The van der Waals surface area contributed by atoms with E-state index in [0.717, 1.165) is 25.4 Å². The van der Waals surface area contributed by atoms with Crippen LogP contribution in [0.25, 0.3) is 0 Å². The average molecular weight is 294 g/mol. The van der Waals surface area contributed by atoms with Crippen LogP contribution in [0.3, 0.4) is 0 Å². The summed E-state index contributed by atoms with van der Waals surface area (Å²) in [5.41, 5.74) is 0. The maximum Gasteiger partial charge on any atom is 0.261 e. The van der Waals surface area contributed by atoms with Crippen molar-refractivity contribution in [2.45, 2.75) is 72.8 Å². The van der Waals surface area contributed by atoms with Gasteiger partial charge in [-0.2, -0.15) is 0 Å². The molecule has 1 aliphatic rings. The van der Waals surface area contributed by atoms with Crippen molar-refractivity contribution in [3.05, 3.63) is 0 Å². The highest BCUT2D eigenvalue weighted by atomic mass is 19.3. The summed E-state index contributed by atoms with van der Waals surface area (Å²) in [6, 6.07) is -0.0445. The molecule has 2 nitrogen and oxygen atoms in total. The summed E-state index contributed by atoms with van der Waals surface area (Å²) in [5, 5.41) is 2.89. The van der Waals surface area contributed by atoms with Crippen molar-refractivity contribution in [2.75, 3.05) is 26.7 Å². The Morgan fingerprint density at radius 2 is 1.80 bits per heavy atom. The molecular weight excluding hydrogens is 258 g/mol. The fourth-order valence-corrected chi connectivity index (χ4v) is 2.04. The lowest BCUT2D eigenvalue weighted by Crippen LogP contribution is -2.36. The summed E-state index contributed by atoms with van der Waals surface area (Å²) in [6.45, 7) is 14.0. The number of alkyl halides is 2. The van der Waals surface area contributed by atoms with E-state index in [0.29, 0.717) is 0 Å². The van der Waals surface area contributed by atoms with Gasteiger partial charge in [-0.25, -0.2) is 8.78 Å². The molecule has 0 aromatic carbocycles. The summed E-state index contributed by atoms with van der Waals surface area (Å²) in [5.74, 6) is -1.78. The molecule has 124 valence electrons. The lowest BCUT2D eigenvalue weighted by atomic mass is 10.1. The Hall–Kier alpha value is -0.220. The van der Waals surface area contributed by atoms with Crippen molar-refractivity contribution in [1.29, 1.82) is 0 Å².